The number of morpholine rings is 1. The molecule has 8 heteroatoms. The van der Waals surface area contributed by atoms with Gasteiger partial charge in [0.05, 0.1) is 38.7 Å². The molecule has 2 N–H and O–H groups in total. The fourth-order valence-electron chi connectivity index (χ4n) is 3.25. The highest BCUT2D eigenvalue weighted by atomic mass is 16.5. The highest BCUT2D eigenvalue weighted by molar-refractivity contribution is 5.85. The second kappa shape index (κ2) is 8.77. The van der Waals surface area contributed by atoms with Crippen LogP contribution in [0.25, 0.3) is 0 Å². The molecule has 8 nitrogen and oxygen atoms in total. The van der Waals surface area contributed by atoms with Crippen LogP contribution in [0.4, 0.5) is 4.79 Å². The molecule has 2 fully saturated rings. The number of nitrogens with one attached hydrogen (secondary N) is 2. The van der Waals surface area contributed by atoms with Crippen molar-refractivity contribution in [1.29, 1.82) is 0 Å². The van der Waals surface area contributed by atoms with Crippen molar-refractivity contribution in [3.05, 3.63) is 41.7 Å². The first-order chi connectivity index (χ1) is 13.1. The lowest BCUT2D eigenvalue weighted by atomic mass is 9.88. The van der Waals surface area contributed by atoms with Crippen LogP contribution in [0, 0.1) is 5.92 Å². The molecule has 0 spiro atoms. The van der Waals surface area contributed by atoms with Crippen LogP contribution in [0.5, 0.6) is 5.75 Å². The molecule has 0 unspecified atom stereocenters. The van der Waals surface area contributed by atoms with Crippen molar-refractivity contribution in [2.45, 2.75) is 13.0 Å². The predicted molar refractivity (Wildman–Crippen MR) is 98.0 cm³/mol. The number of benzene rings is 1. The molecule has 2 amide bonds. The van der Waals surface area contributed by atoms with Crippen LogP contribution in [-0.4, -0.2) is 56.9 Å². The van der Waals surface area contributed by atoms with Gasteiger partial charge in [0.1, 0.15) is 11.7 Å². The number of methoxy groups -OCH3 is 1. The van der Waals surface area contributed by atoms with Crippen molar-refractivity contribution in [2.24, 2.45) is 5.92 Å². The van der Waals surface area contributed by atoms with Gasteiger partial charge < -0.3 is 29.7 Å². The summed E-state index contributed by atoms with van der Waals surface area (Å²) >= 11 is 0. The Morgan fingerprint density at radius 3 is 2.63 bits per heavy atom. The Morgan fingerprint density at radius 1 is 1.30 bits per heavy atom. The van der Waals surface area contributed by atoms with Crippen molar-refractivity contribution < 1.29 is 23.8 Å². The average molecular weight is 375 g/mol. The highest BCUT2D eigenvalue weighted by Crippen LogP contribution is 2.32. The van der Waals surface area contributed by atoms with Crippen LogP contribution in [0.1, 0.15) is 18.5 Å². The zero-order valence-electron chi connectivity index (χ0n) is 15.6. The summed E-state index contributed by atoms with van der Waals surface area (Å²) < 4.78 is 15.8. The molecule has 0 bridgehead atoms. The summed E-state index contributed by atoms with van der Waals surface area (Å²) in [7, 11) is 1.59. The Morgan fingerprint density at radius 2 is 2.00 bits per heavy atom. The number of hydrogen-bond acceptors (Lipinski definition) is 6. The van der Waals surface area contributed by atoms with Crippen molar-refractivity contribution in [3.8, 4) is 5.75 Å². The van der Waals surface area contributed by atoms with Gasteiger partial charge in [-0.1, -0.05) is 12.1 Å². The van der Waals surface area contributed by atoms with Gasteiger partial charge in [-0.3, -0.25) is 4.79 Å². The van der Waals surface area contributed by atoms with E-state index >= 15 is 0 Å². The molecule has 3 rings (SSSR count). The minimum atomic E-state index is -0.668. The third-order valence-electron chi connectivity index (χ3n) is 4.60. The van der Waals surface area contributed by atoms with Crippen LogP contribution in [0.15, 0.2) is 36.2 Å². The van der Waals surface area contributed by atoms with E-state index in [0.29, 0.717) is 37.7 Å². The molecule has 0 saturated carbocycles. The maximum atomic E-state index is 12.7. The Kier molecular flexibility index (Phi) is 6.18. The average Bonchev–Trinajstić information content (AvgIpc) is 2.68. The molecule has 146 valence electrons. The van der Waals surface area contributed by atoms with Crippen molar-refractivity contribution >= 4 is 12.0 Å². The molecule has 2 heterocycles. The molecule has 0 radical (unpaired) electrons. The summed E-state index contributed by atoms with van der Waals surface area (Å²) in [5.41, 5.74) is 1.33. The predicted octanol–water partition coefficient (Wildman–Crippen LogP) is 1.40. The molecule has 0 aromatic heterocycles. The minimum absolute atomic E-state index is 0.267. The molecular weight excluding hydrogens is 350 g/mol. The summed E-state index contributed by atoms with van der Waals surface area (Å²) in [6.45, 7) is 4.67. The van der Waals surface area contributed by atoms with Gasteiger partial charge in [-0.25, -0.2) is 4.79 Å². The number of nitrogens with zero attached hydrogens (tertiary/aromatic N) is 1. The van der Waals surface area contributed by atoms with Gasteiger partial charge in [0, 0.05) is 19.3 Å². The van der Waals surface area contributed by atoms with Gasteiger partial charge in [0.15, 0.2) is 0 Å². The summed E-state index contributed by atoms with van der Waals surface area (Å²) in [6.07, 6.45) is 1.83. The van der Waals surface area contributed by atoms with Gasteiger partial charge in [-0.15, -0.1) is 0 Å². The van der Waals surface area contributed by atoms with Gasteiger partial charge >= 0.3 is 12.0 Å². The van der Waals surface area contributed by atoms with Crippen molar-refractivity contribution in [2.75, 3.05) is 40.0 Å². The third kappa shape index (κ3) is 4.51. The first-order valence-corrected chi connectivity index (χ1v) is 9.04. The third-order valence-corrected chi connectivity index (χ3v) is 4.60. The fraction of sp³-hybridized carbons (Fsp3) is 0.474. The number of urea groups is 1. The zero-order valence-corrected chi connectivity index (χ0v) is 15.6. The number of amides is 2. The zero-order chi connectivity index (χ0) is 19.2. The lowest BCUT2D eigenvalue weighted by Crippen LogP contribution is -2.52. The molecule has 27 heavy (non-hydrogen) atoms. The number of ether oxygens (including phenoxy) is 3. The molecule has 2 aliphatic rings. The van der Waals surface area contributed by atoms with Crippen LogP contribution in [0.3, 0.4) is 0 Å². The van der Waals surface area contributed by atoms with Crippen LogP contribution >= 0.6 is 0 Å². The SMILES string of the molecule is CCOC(=O)[C@H]1/C(=C\N2CCOCC2)NC(=O)N[C@@H]1c1ccc(OC)cc1. The van der Waals surface area contributed by atoms with Gasteiger partial charge in [-0.2, -0.15) is 0 Å². The molecule has 1 aromatic rings. The Hall–Kier alpha value is -2.74. The normalized spacial score (nSPS) is 24.1. The lowest BCUT2D eigenvalue weighted by molar-refractivity contribution is -0.148. The number of hydrogen-bond donors (Lipinski definition) is 2. The van der Waals surface area contributed by atoms with Gasteiger partial charge in [0.25, 0.3) is 0 Å². The maximum Gasteiger partial charge on any atom is 0.319 e. The summed E-state index contributed by atoms with van der Waals surface area (Å²) in [4.78, 5) is 27.0. The second-order valence-corrected chi connectivity index (χ2v) is 6.31. The number of carbonyl (C=O) groups excluding carboxylic acids is 2. The van der Waals surface area contributed by atoms with Crippen LogP contribution in [-0.2, 0) is 14.3 Å². The summed E-state index contributed by atoms with van der Waals surface area (Å²) in [5, 5.41) is 5.63. The number of esters is 1. The van der Waals surface area contributed by atoms with E-state index < -0.39 is 12.0 Å². The standard InChI is InChI=1S/C19H25N3O5/c1-3-27-18(23)16-15(12-22-8-10-26-11-9-22)20-19(24)21-17(16)13-4-6-14(25-2)7-5-13/h4-7,12,16-17H,3,8-11H2,1-2H3,(H2,20,21,24)/b15-12+/t16-,17+/m0/s1. The molecule has 2 saturated heterocycles. The lowest BCUT2D eigenvalue weighted by Gasteiger charge is -2.35. The molecule has 2 aliphatic heterocycles. The van der Waals surface area contributed by atoms with E-state index in [0.717, 1.165) is 5.56 Å². The molecule has 0 aliphatic carbocycles. The first kappa shape index (κ1) is 19.0. The molecule has 2 atom stereocenters. The Labute approximate surface area is 158 Å². The van der Waals surface area contributed by atoms with E-state index in [1.807, 2.05) is 23.2 Å². The first-order valence-electron chi connectivity index (χ1n) is 9.04. The van der Waals surface area contributed by atoms with Crippen molar-refractivity contribution in [3.63, 3.8) is 0 Å². The molecule has 1 aromatic carbocycles. The van der Waals surface area contributed by atoms with E-state index in [1.165, 1.54) is 0 Å². The topological polar surface area (TPSA) is 89.1 Å². The Bertz CT molecular complexity index is 698. The van der Waals surface area contributed by atoms with E-state index in [4.69, 9.17) is 14.2 Å². The van der Waals surface area contributed by atoms with E-state index in [9.17, 15) is 9.59 Å². The van der Waals surface area contributed by atoms with Gasteiger partial charge in [-0.05, 0) is 24.6 Å². The maximum absolute atomic E-state index is 12.7. The van der Waals surface area contributed by atoms with E-state index in [-0.39, 0.29) is 18.6 Å². The fourth-order valence-corrected chi connectivity index (χ4v) is 3.25. The quantitative estimate of drug-likeness (QED) is 0.757. The number of carbonyl (C=O) groups is 2. The highest BCUT2D eigenvalue weighted by Gasteiger charge is 2.40. The van der Waals surface area contributed by atoms with Crippen LogP contribution < -0.4 is 15.4 Å². The summed E-state index contributed by atoms with van der Waals surface area (Å²) in [6, 6.07) is 6.40. The molecular formula is C19H25N3O5. The number of rotatable bonds is 5. The second-order valence-electron chi connectivity index (χ2n) is 6.31. The monoisotopic (exact) mass is 375 g/mol. The van der Waals surface area contributed by atoms with Gasteiger partial charge in [0.2, 0.25) is 0 Å². The van der Waals surface area contributed by atoms with Crippen LogP contribution in [0.2, 0.25) is 0 Å². The Balaban J connectivity index is 1.94. The largest absolute Gasteiger partial charge is 0.497 e. The smallest absolute Gasteiger partial charge is 0.319 e. The van der Waals surface area contributed by atoms with E-state index in [2.05, 4.69) is 10.6 Å². The van der Waals surface area contributed by atoms with E-state index in [1.54, 1.807) is 26.2 Å². The summed E-state index contributed by atoms with van der Waals surface area (Å²) in [5.74, 6) is -0.347. The minimum Gasteiger partial charge on any atom is -0.497 e. The van der Waals surface area contributed by atoms with Crippen molar-refractivity contribution in [1.82, 2.24) is 15.5 Å².